The minimum Gasteiger partial charge on any atom is -0.382 e. The molecule has 1 fully saturated rings. The number of nitrogen functional groups attached to an aromatic ring is 1. The molecule has 1 aliphatic heterocycles. The number of nitrogens with two attached hydrogens (primary N) is 1. The molecule has 0 saturated carbocycles. The Morgan fingerprint density at radius 1 is 1.35 bits per heavy atom. The number of hydrogen-bond donors (Lipinski definition) is 2. The average molecular weight is 235 g/mol. The van der Waals surface area contributed by atoms with E-state index in [0.717, 1.165) is 0 Å². The van der Waals surface area contributed by atoms with Gasteiger partial charge in [-0.1, -0.05) is 0 Å². The van der Waals surface area contributed by atoms with Crippen LogP contribution in [0.5, 0.6) is 0 Å². The molecule has 1 aliphatic rings. The second-order valence-electron chi connectivity index (χ2n) is 4.34. The Hall–Kier alpha value is -2.18. The summed E-state index contributed by atoms with van der Waals surface area (Å²) in [6.45, 7) is 3.50. The van der Waals surface area contributed by atoms with Gasteiger partial charge in [0.05, 0.1) is 6.54 Å². The summed E-state index contributed by atoms with van der Waals surface area (Å²) >= 11 is 0. The molecule has 90 valence electrons. The highest BCUT2D eigenvalue weighted by Crippen LogP contribution is 2.24. The Bertz CT molecular complexity index is 468. The fourth-order valence-electron chi connectivity index (χ4n) is 1.63. The van der Waals surface area contributed by atoms with Gasteiger partial charge in [-0.05, 0) is 26.0 Å². The smallest absolute Gasteiger partial charge is 0.251 e. The van der Waals surface area contributed by atoms with Crippen LogP contribution in [0, 0.1) is 0 Å². The third kappa shape index (κ3) is 1.91. The van der Waals surface area contributed by atoms with E-state index in [9.17, 15) is 9.59 Å². The molecule has 0 radical (unpaired) electrons. The average Bonchev–Trinajstić information content (AvgIpc) is 2.25. The molecule has 0 aromatic carbocycles. The lowest BCUT2D eigenvalue weighted by atomic mass is 9.99. The minimum absolute atomic E-state index is 0.0668. The van der Waals surface area contributed by atoms with Gasteiger partial charge in [0.2, 0.25) is 5.91 Å². The monoisotopic (exact) mass is 235 g/mol. The largest absolute Gasteiger partial charge is 0.382 e. The predicted molar refractivity (Wildman–Crippen MR) is 61.0 cm³/mol. The van der Waals surface area contributed by atoms with Gasteiger partial charge in [0.15, 0.2) is 5.82 Å². The second kappa shape index (κ2) is 3.69. The number of nitrogens with zero attached hydrogens (tertiary/aromatic N) is 3. The Labute approximate surface area is 98.0 Å². The predicted octanol–water partition coefficient (Wildman–Crippen LogP) is -0.700. The van der Waals surface area contributed by atoms with E-state index >= 15 is 0 Å². The molecule has 0 spiro atoms. The Balaban J connectivity index is 2.38. The summed E-state index contributed by atoms with van der Waals surface area (Å²) in [5, 5.41) is 9.89. The molecule has 7 heteroatoms. The van der Waals surface area contributed by atoms with Crippen LogP contribution in [0.4, 0.5) is 11.6 Å². The number of carbonyl (C=O) groups excluding carboxylic acids is 2. The maximum absolute atomic E-state index is 11.7. The van der Waals surface area contributed by atoms with Gasteiger partial charge in [-0.3, -0.25) is 14.9 Å². The third-order valence-corrected chi connectivity index (χ3v) is 2.73. The molecule has 2 heterocycles. The molecule has 2 rings (SSSR count). The van der Waals surface area contributed by atoms with Crippen molar-refractivity contribution in [1.82, 2.24) is 15.5 Å². The topological polar surface area (TPSA) is 101 Å². The van der Waals surface area contributed by atoms with Gasteiger partial charge in [-0.25, -0.2) is 0 Å². The van der Waals surface area contributed by atoms with Crippen LogP contribution in [0.15, 0.2) is 12.1 Å². The van der Waals surface area contributed by atoms with Crippen molar-refractivity contribution in [2.75, 3.05) is 17.2 Å². The van der Waals surface area contributed by atoms with E-state index < -0.39 is 5.54 Å². The first kappa shape index (κ1) is 11.3. The molecular weight excluding hydrogens is 222 g/mol. The first-order chi connectivity index (χ1) is 7.91. The van der Waals surface area contributed by atoms with Crippen molar-refractivity contribution in [3.63, 3.8) is 0 Å². The molecule has 0 aliphatic carbocycles. The summed E-state index contributed by atoms with van der Waals surface area (Å²) in [4.78, 5) is 24.7. The van der Waals surface area contributed by atoms with Crippen LogP contribution in [0.2, 0.25) is 0 Å². The zero-order valence-corrected chi connectivity index (χ0v) is 9.60. The molecule has 3 N–H and O–H groups in total. The number of carbonyl (C=O) groups is 2. The molecule has 7 nitrogen and oxygen atoms in total. The van der Waals surface area contributed by atoms with E-state index in [1.165, 1.54) is 0 Å². The summed E-state index contributed by atoms with van der Waals surface area (Å²) in [6, 6.07) is 3.21. The second-order valence-corrected chi connectivity index (χ2v) is 4.34. The number of hydrogen-bond acceptors (Lipinski definition) is 6. The summed E-state index contributed by atoms with van der Waals surface area (Å²) in [5.41, 5.74) is 4.59. The maximum Gasteiger partial charge on any atom is 0.251 e. The van der Waals surface area contributed by atoms with Crippen molar-refractivity contribution in [2.24, 2.45) is 0 Å². The van der Waals surface area contributed by atoms with E-state index in [2.05, 4.69) is 15.5 Å². The molecule has 0 bridgehead atoms. The number of nitrogens with one attached hydrogen (secondary N) is 1. The van der Waals surface area contributed by atoms with Gasteiger partial charge in [-0.2, -0.15) is 0 Å². The summed E-state index contributed by atoms with van der Waals surface area (Å²) in [5.74, 6) is 0.0343. The van der Waals surface area contributed by atoms with Gasteiger partial charge in [0, 0.05) is 0 Å². The minimum atomic E-state index is -0.849. The number of rotatable bonds is 1. The first-order valence-electron chi connectivity index (χ1n) is 5.12. The summed E-state index contributed by atoms with van der Waals surface area (Å²) in [7, 11) is 0. The number of imide groups is 1. The van der Waals surface area contributed by atoms with Crippen molar-refractivity contribution >= 4 is 23.5 Å². The highest BCUT2D eigenvalue weighted by Gasteiger charge is 2.41. The lowest BCUT2D eigenvalue weighted by Gasteiger charge is -2.40. The van der Waals surface area contributed by atoms with E-state index in [1.54, 1.807) is 30.9 Å². The van der Waals surface area contributed by atoms with Crippen LogP contribution < -0.4 is 16.0 Å². The van der Waals surface area contributed by atoms with Gasteiger partial charge in [-0.15, -0.1) is 10.2 Å². The molecule has 0 atom stereocenters. The number of piperazine rings is 1. The van der Waals surface area contributed by atoms with Gasteiger partial charge in [0.1, 0.15) is 11.4 Å². The highest BCUT2D eigenvalue weighted by atomic mass is 16.2. The quantitative estimate of drug-likeness (QED) is 0.624. The molecule has 17 heavy (non-hydrogen) atoms. The maximum atomic E-state index is 11.7. The molecule has 0 unspecified atom stereocenters. The van der Waals surface area contributed by atoms with E-state index in [1.807, 2.05) is 0 Å². The van der Waals surface area contributed by atoms with E-state index in [0.29, 0.717) is 11.6 Å². The molecule has 1 aromatic heterocycles. The van der Waals surface area contributed by atoms with Crippen molar-refractivity contribution in [3.8, 4) is 0 Å². The van der Waals surface area contributed by atoms with Crippen LogP contribution in [0.3, 0.4) is 0 Å². The third-order valence-electron chi connectivity index (χ3n) is 2.73. The zero-order chi connectivity index (χ0) is 12.6. The Morgan fingerprint density at radius 3 is 2.65 bits per heavy atom. The van der Waals surface area contributed by atoms with Crippen LogP contribution in [0.1, 0.15) is 13.8 Å². The summed E-state index contributed by atoms with van der Waals surface area (Å²) < 4.78 is 0. The molecule has 2 amide bonds. The standard InChI is InChI=1S/C10H13N5O2/c1-10(2)9(17)12-8(16)5-15(10)7-4-3-6(11)13-14-7/h3-4H,5H2,1-2H3,(H2,11,13)(H,12,16,17). The Morgan fingerprint density at radius 2 is 2.06 bits per heavy atom. The van der Waals surface area contributed by atoms with Crippen LogP contribution in [-0.2, 0) is 9.59 Å². The number of aromatic nitrogens is 2. The van der Waals surface area contributed by atoms with Crippen LogP contribution in [0.25, 0.3) is 0 Å². The Kier molecular flexibility index (Phi) is 2.45. The van der Waals surface area contributed by atoms with Gasteiger partial charge >= 0.3 is 0 Å². The van der Waals surface area contributed by atoms with E-state index in [-0.39, 0.29) is 18.4 Å². The number of amides is 2. The van der Waals surface area contributed by atoms with Crippen molar-refractivity contribution < 1.29 is 9.59 Å². The lowest BCUT2D eigenvalue weighted by molar-refractivity contribution is -0.135. The van der Waals surface area contributed by atoms with Crippen molar-refractivity contribution in [2.45, 2.75) is 19.4 Å². The van der Waals surface area contributed by atoms with Crippen molar-refractivity contribution in [1.29, 1.82) is 0 Å². The van der Waals surface area contributed by atoms with Gasteiger partial charge < -0.3 is 10.6 Å². The normalized spacial score (nSPS) is 19.1. The zero-order valence-electron chi connectivity index (χ0n) is 9.60. The first-order valence-corrected chi connectivity index (χ1v) is 5.12. The fourth-order valence-corrected chi connectivity index (χ4v) is 1.63. The van der Waals surface area contributed by atoms with Gasteiger partial charge in [0.25, 0.3) is 5.91 Å². The molecule has 1 aromatic rings. The lowest BCUT2D eigenvalue weighted by Crippen LogP contribution is -2.64. The molecule has 1 saturated heterocycles. The van der Waals surface area contributed by atoms with E-state index in [4.69, 9.17) is 5.73 Å². The highest BCUT2D eigenvalue weighted by molar-refractivity contribution is 6.06. The molecular formula is C10H13N5O2. The van der Waals surface area contributed by atoms with Crippen LogP contribution >= 0.6 is 0 Å². The fraction of sp³-hybridized carbons (Fsp3) is 0.400. The van der Waals surface area contributed by atoms with Crippen molar-refractivity contribution in [3.05, 3.63) is 12.1 Å². The number of anilines is 2. The summed E-state index contributed by atoms with van der Waals surface area (Å²) in [6.07, 6.45) is 0. The SMILES string of the molecule is CC1(C)C(=O)NC(=O)CN1c1ccc(N)nn1. The van der Waals surface area contributed by atoms with Crippen LogP contribution in [-0.4, -0.2) is 34.1 Å².